The van der Waals surface area contributed by atoms with Crippen molar-refractivity contribution in [3.8, 4) is 5.75 Å². The van der Waals surface area contributed by atoms with Crippen molar-refractivity contribution >= 4 is 51.1 Å². The van der Waals surface area contributed by atoms with Gasteiger partial charge in [0, 0.05) is 0 Å². The summed E-state index contributed by atoms with van der Waals surface area (Å²) >= 11 is 4.20. The molecule has 0 unspecified atom stereocenters. The summed E-state index contributed by atoms with van der Waals surface area (Å²) in [7, 11) is 1.57. The molecule has 0 aliphatic rings. The van der Waals surface area contributed by atoms with Gasteiger partial charge in [-0.3, -0.25) is 4.79 Å². The maximum atomic E-state index is 11.0. The molecule has 1 aromatic rings. The molecule has 0 radical (unpaired) electrons. The standard InChI is InChI=1S/C8H7I2NO2/c1-13-7-5(9)3-2-4(6(7)10)8(11)12/h2-3H,1H3,(H2,11,12). The number of rotatable bonds is 2. The zero-order chi connectivity index (χ0) is 10.0. The fraction of sp³-hybridized carbons (Fsp3) is 0.125. The number of amides is 1. The monoisotopic (exact) mass is 403 g/mol. The van der Waals surface area contributed by atoms with Gasteiger partial charge in [0.05, 0.1) is 19.8 Å². The summed E-state index contributed by atoms with van der Waals surface area (Å²) in [5.41, 5.74) is 5.68. The van der Waals surface area contributed by atoms with Gasteiger partial charge in [0.2, 0.25) is 5.91 Å². The minimum atomic E-state index is -0.431. The number of primary amides is 1. The Balaban J connectivity index is 3.35. The molecule has 0 heterocycles. The number of carbonyl (C=O) groups excluding carboxylic acids is 1. The van der Waals surface area contributed by atoms with Crippen molar-refractivity contribution in [3.05, 3.63) is 24.8 Å². The molecular weight excluding hydrogens is 396 g/mol. The topological polar surface area (TPSA) is 52.3 Å². The van der Waals surface area contributed by atoms with Gasteiger partial charge in [0.15, 0.2) is 0 Å². The lowest BCUT2D eigenvalue weighted by Crippen LogP contribution is -2.13. The summed E-state index contributed by atoms with van der Waals surface area (Å²) in [5.74, 6) is 0.275. The SMILES string of the molecule is COc1c(I)ccc(C(N)=O)c1I. The molecule has 0 aromatic heterocycles. The highest BCUT2D eigenvalue weighted by Gasteiger charge is 2.13. The van der Waals surface area contributed by atoms with Crippen LogP contribution in [0.15, 0.2) is 12.1 Å². The van der Waals surface area contributed by atoms with Crippen molar-refractivity contribution in [2.75, 3.05) is 7.11 Å². The van der Waals surface area contributed by atoms with Crippen molar-refractivity contribution in [1.29, 1.82) is 0 Å². The Morgan fingerprint density at radius 1 is 1.46 bits per heavy atom. The zero-order valence-corrected chi connectivity index (χ0v) is 11.1. The third-order valence-corrected chi connectivity index (χ3v) is 3.44. The lowest BCUT2D eigenvalue weighted by Gasteiger charge is -2.08. The first kappa shape index (κ1) is 11.0. The fourth-order valence-electron chi connectivity index (χ4n) is 0.910. The average molecular weight is 403 g/mol. The first-order chi connectivity index (χ1) is 6.07. The van der Waals surface area contributed by atoms with Crippen LogP contribution < -0.4 is 10.5 Å². The van der Waals surface area contributed by atoms with Crippen LogP contribution in [0.2, 0.25) is 0 Å². The number of nitrogens with two attached hydrogens (primary N) is 1. The minimum absolute atomic E-state index is 0.431. The number of carbonyl (C=O) groups is 1. The molecule has 0 fully saturated rings. The smallest absolute Gasteiger partial charge is 0.249 e. The number of benzene rings is 1. The molecule has 3 nitrogen and oxygen atoms in total. The summed E-state index contributed by atoms with van der Waals surface area (Å²) < 4.78 is 6.87. The Hall–Kier alpha value is -0.0500. The third-order valence-electron chi connectivity index (χ3n) is 1.52. The van der Waals surface area contributed by atoms with E-state index in [1.807, 2.05) is 6.07 Å². The van der Waals surface area contributed by atoms with E-state index >= 15 is 0 Å². The first-order valence-electron chi connectivity index (χ1n) is 3.39. The second kappa shape index (κ2) is 4.45. The number of methoxy groups -OCH3 is 1. The van der Waals surface area contributed by atoms with Gasteiger partial charge in [0.1, 0.15) is 5.75 Å². The van der Waals surface area contributed by atoms with Crippen LogP contribution >= 0.6 is 45.2 Å². The Kier molecular flexibility index (Phi) is 3.77. The molecule has 1 rings (SSSR count). The number of hydrogen-bond acceptors (Lipinski definition) is 2. The molecule has 0 aliphatic carbocycles. The van der Waals surface area contributed by atoms with Gasteiger partial charge in [0.25, 0.3) is 0 Å². The lowest BCUT2D eigenvalue weighted by atomic mass is 10.2. The second-order valence-electron chi connectivity index (χ2n) is 2.31. The van der Waals surface area contributed by atoms with E-state index in [9.17, 15) is 4.79 Å². The predicted molar refractivity (Wildman–Crippen MR) is 66.9 cm³/mol. The average Bonchev–Trinajstić information content (AvgIpc) is 2.04. The van der Waals surface area contributed by atoms with E-state index < -0.39 is 5.91 Å². The van der Waals surface area contributed by atoms with Crippen LogP contribution in [0.1, 0.15) is 10.4 Å². The van der Waals surface area contributed by atoms with Gasteiger partial charge in [-0.2, -0.15) is 0 Å². The molecule has 1 amide bonds. The van der Waals surface area contributed by atoms with Gasteiger partial charge in [-0.1, -0.05) is 0 Å². The molecule has 1 aromatic carbocycles. The van der Waals surface area contributed by atoms with Crippen LogP contribution in [-0.4, -0.2) is 13.0 Å². The lowest BCUT2D eigenvalue weighted by molar-refractivity contribution is 0.0999. The quantitative estimate of drug-likeness (QED) is 0.769. The Morgan fingerprint density at radius 3 is 2.54 bits per heavy atom. The predicted octanol–water partition coefficient (Wildman–Crippen LogP) is 2.00. The van der Waals surface area contributed by atoms with E-state index in [4.69, 9.17) is 10.5 Å². The van der Waals surface area contributed by atoms with Crippen LogP contribution in [0, 0.1) is 7.14 Å². The van der Waals surface area contributed by atoms with Gasteiger partial charge in [-0.25, -0.2) is 0 Å². The van der Waals surface area contributed by atoms with Gasteiger partial charge < -0.3 is 10.5 Å². The molecule has 0 spiro atoms. The van der Waals surface area contributed by atoms with Crippen LogP contribution in [0.3, 0.4) is 0 Å². The molecule has 0 saturated carbocycles. The fourth-order valence-corrected chi connectivity index (χ4v) is 3.05. The molecule has 0 bridgehead atoms. The highest BCUT2D eigenvalue weighted by Crippen LogP contribution is 2.29. The van der Waals surface area contributed by atoms with Crippen LogP contribution in [0.25, 0.3) is 0 Å². The van der Waals surface area contributed by atoms with Crippen LogP contribution in [0.5, 0.6) is 5.75 Å². The van der Waals surface area contributed by atoms with Crippen molar-refractivity contribution in [3.63, 3.8) is 0 Å². The van der Waals surface area contributed by atoms with E-state index in [-0.39, 0.29) is 0 Å². The van der Waals surface area contributed by atoms with E-state index in [0.29, 0.717) is 11.3 Å². The molecular formula is C8H7I2NO2. The Bertz CT molecular complexity index is 352. The summed E-state index contributed by atoms with van der Waals surface area (Å²) in [6.07, 6.45) is 0. The number of ether oxygens (including phenoxy) is 1. The minimum Gasteiger partial charge on any atom is -0.495 e. The number of halogens is 2. The Labute approximate surface area is 103 Å². The molecule has 2 N–H and O–H groups in total. The van der Waals surface area contributed by atoms with Crippen molar-refractivity contribution in [2.24, 2.45) is 5.73 Å². The zero-order valence-electron chi connectivity index (χ0n) is 6.80. The van der Waals surface area contributed by atoms with Crippen molar-refractivity contribution < 1.29 is 9.53 Å². The summed E-state index contributed by atoms with van der Waals surface area (Å²) in [4.78, 5) is 11.0. The van der Waals surface area contributed by atoms with Crippen LogP contribution in [0.4, 0.5) is 0 Å². The van der Waals surface area contributed by atoms with E-state index in [1.165, 1.54) is 0 Å². The second-order valence-corrected chi connectivity index (χ2v) is 4.55. The van der Waals surface area contributed by atoms with Gasteiger partial charge in [-0.05, 0) is 57.3 Å². The van der Waals surface area contributed by atoms with E-state index in [0.717, 1.165) is 7.14 Å². The molecule has 5 heteroatoms. The molecule has 0 atom stereocenters. The van der Waals surface area contributed by atoms with Gasteiger partial charge >= 0.3 is 0 Å². The highest BCUT2D eigenvalue weighted by molar-refractivity contribution is 14.1. The Morgan fingerprint density at radius 2 is 2.08 bits per heavy atom. The molecule has 70 valence electrons. The normalized spacial score (nSPS) is 9.77. The maximum absolute atomic E-state index is 11.0. The van der Waals surface area contributed by atoms with Gasteiger partial charge in [-0.15, -0.1) is 0 Å². The molecule has 0 aliphatic heterocycles. The van der Waals surface area contributed by atoms with Crippen LogP contribution in [-0.2, 0) is 0 Å². The maximum Gasteiger partial charge on any atom is 0.249 e. The van der Waals surface area contributed by atoms with E-state index in [1.54, 1.807) is 13.2 Å². The summed E-state index contributed by atoms with van der Waals surface area (Å²) in [6.45, 7) is 0. The molecule has 0 saturated heterocycles. The van der Waals surface area contributed by atoms with Crippen molar-refractivity contribution in [2.45, 2.75) is 0 Å². The van der Waals surface area contributed by atoms with Crippen molar-refractivity contribution in [1.82, 2.24) is 0 Å². The largest absolute Gasteiger partial charge is 0.495 e. The number of hydrogen-bond donors (Lipinski definition) is 1. The highest BCUT2D eigenvalue weighted by atomic mass is 127. The van der Waals surface area contributed by atoms with E-state index in [2.05, 4.69) is 45.2 Å². The third kappa shape index (κ3) is 2.25. The summed E-state index contributed by atoms with van der Waals surface area (Å²) in [5, 5.41) is 0. The molecule has 13 heavy (non-hydrogen) atoms. The first-order valence-corrected chi connectivity index (χ1v) is 5.55. The summed E-state index contributed by atoms with van der Waals surface area (Å²) in [6, 6.07) is 3.51.